The van der Waals surface area contributed by atoms with Crippen LogP contribution in [0.1, 0.15) is 25.7 Å². The minimum atomic E-state index is 0.683. The van der Waals surface area contributed by atoms with E-state index in [-0.39, 0.29) is 0 Å². The van der Waals surface area contributed by atoms with Gasteiger partial charge in [-0.2, -0.15) is 0 Å². The van der Waals surface area contributed by atoms with Crippen LogP contribution in [-0.4, -0.2) is 37.3 Å². The van der Waals surface area contributed by atoms with Crippen molar-refractivity contribution in [3.63, 3.8) is 0 Å². The Morgan fingerprint density at radius 3 is 2.30 bits per heavy atom. The van der Waals surface area contributed by atoms with Crippen LogP contribution in [0.3, 0.4) is 0 Å². The van der Waals surface area contributed by atoms with Gasteiger partial charge in [-0.3, -0.25) is 0 Å². The summed E-state index contributed by atoms with van der Waals surface area (Å²) in [7, 11) is 3.28. The van der Waals surface area contributed by atoms with Gasteiger partial charge in [-0.1, -0.05) is 25.0 Å². The molecule has 1 aromatic heterocycles. The molecule has 5 heteroatoms. The second-order valence-corrected chi connectivity index (χ2v) is 6.86. The lowest BCUT2D eigenvalue weighted by molar-refractivity contribution is 0.355. The van der Waals surface area contributed by atoms with Crippen LogP contribution < -0.4 is 14.4 Å². The molecule has 0 atom stereocenters. The number of rotatable bonds is 4. The van der Waals surface area contributed by atoms with E-state index in [1.807, 2.05) is 24.3 Å². The molecule has 3 aromatic rings. The van der Waals surface area contributed by atoms with Crippen LogP contribution in [0, 0.1) is 0 Å². The number of benzene rings is 2. The lowest BCUT2D eigenvalue weighted by Gasteiger charge is -2.23. The number of ether oxygens (including phenoxy) is 2. The van der Waals surface area contributed by atoms with E-state index in [1.165, 1.54) is 25.7 Å². The van der Waals surface area contributed by atoms with Crippen molar-refractivity contribution >= 4 is 16.7 Å². The van der Waals surface area contributed by atoms with E-state index < -0.39 is 0 Å². The second kappa shape index (κ2) is 7.82. The fourth-order valence-electron chi connectivity index (χ4n) is 3.69. The van der Waals surface area contributed by atoms with Gasteiger partial charge in [0.25, 0.3) is 0 Å². The first-order chi connectivity index (χ1) is 13.3. The van der Waals surface area contributed by atoms with Gasteiger partial charge in [-0.15, -0.1) is 0 Å². The summed E-state index contributed by atoms with van der Waals surface area (Å²) in [5.41, 5.74) is 1.89. The van der Waals surface area contributed by atoms with Gasteiger partial charge in [0.2, 0.25) is 0 Å². The zero-order chi connectivity index (χ0) is 18.6. The Bertz CT molecular complexity index is 934. The molecule has 4 rings (SSSR count). The number of fused-ring (bicyclic) bond motifs is 1. The molecule has 0 saturated carbocycles. The molecule has 2 heterocycles. The Morgan fingerprint density at radius 2 is 1.56 bits per heavy atom. The highest BCUT2D eigenvalue weighted by Gasteiger charge is 2.17. The van der Waals surface area contributed by atoms with Crippen LogP contribution in [0.25, 0.3) is 22.3 Å². The van der Waals surface area contributed by atoms with Crippen molar-refractivity contribution in [1.29, 1.82) is 0 Å². The predicted octanol–water partition coefficient (Wildman–Crippen LogP) is 4.69. The maximum Gasteiger partial charge on any atom is 0.162 e. The third-order valence-electron chi connectivity index (χ3n) is 5.13. The molecule has 0 aliphatic carbocycles. The summed E-state index contributed by atoms with van der Waals surface area (Å²) in [6.07, 6.45) is 5.01. The van der Waals surface area contributed by atoms with E-state index in [4.69, 9.17) is 19.4 Å². The van der Waals surface area contributed by atoms with Gasteiger partial charge in [0, 0.05) is 24.0 Å². The zero-order valence-corrected chi connectivity index (χ0v) is 15.9. The van der Waals surface area contributed by atoms with Crippen molar-refractivity contribution in [1.82, 2.24) is 9.97 Å². The van der Waals surface area contributed by atoms with E-state index >= 15 is 0 Å². The molecule has 0 amide bonds. The minimum absolute atomic E-state index is 0.683. The first-order valence-corrected chi connectivity index (χ1v) is 9.54. The van der Waals surface area contributed by atoms with Crippen LogP contribution >= 0.6 is 0 Å². The molecule has 0 radical (unpaired) electrons. The number of anilines is 1. The van der Waals surface area contributed by atoms with Crippen molar-refractivity contribution in [2.24, 2.45) is 0 Å². The summed E-state index contributed by atoms with van der Waals surface area (Å²) in [5.74, 6) is 3.14. The normalized spacial score (nSPS) is 14.8. The molecule has 1 aliphatic rings. The summed E-state index contributed by atoms with van der Waals surface area (Å²) in [4.78, 5) is 12.2. The number of para-hydroxylation sites is 1. The molecule has 1 aliphatic heterocycles. The summed E-state index contributed by atoms with van der Waals surface area (Å²) < 4.78 is 10.8. The van der Waals surface area contributed by atoms with Gasteiger partial charge < -0.3 is 14.4 Å². The number of nitrogens with zero attached hydrogens (tertiary/aromatic N) is 3. The van der Waals surface area contributed by atoms with Crippen LogP contribution in [-0.2, 0) is 0 Å². The average Bonchev–Trinajstić information content (AvgIpc) is 3.02. The van der Waals surface area contributed by atoms with Crippen molar-refractivity contribution in [3.05, 3.63) is 42.5 Å². The van der Waals surface area contributed by atoms with Crippen molar-refractivity contribution in [2.75, 3.05) is 32.2 Å². The molecule has 0 spiro atoms. The van der Waals surface area contributed by atoms with Crippen LogP contribution in [0.2, 0.25) is 0 Å². The SMILES string of the molecule is COc1ccc(-c2nc(N3CCCCCC3)c3ccccc3n2)cc1OC. The summed E-state index contributed by atoms with van der Waals surface area (Å²) in [5, 5.41) is 1.11. The Morgan fingerprint density at radius 1 is 0.815 bits per heavy atom. The van der Waals surface area contributed by atoms with Gasteiger partial charge in [0.1, 0.15) is 5.82 Å². The third kappa shape index (κ3) is 3.54. The number of hydrogen-bond donors (Lipinski definition) is 0. The molecule has 1 saturated heterocycles. The minimum Gasteiger partial charge on any atom is -0.493 e. The Labute approximate surface area is 160 Å². The van der Waals surface area contributed by atoms with E-state index in [9.17, 15) is 0 Å². The fraction of sp³-hybridized carbons (Fsp3) is 0.364. The van der Waals surface area contributed by atoms with Gasteiger partial charge in [-0.05, 0) is 43.2 Å². The molecule has 2 aromatic carbocycles. The van der Waals surface area contributed by atoms with Gasteiger partial charge in [0.15, 0.2) is 17.3 Å². The first-order valence-electron chi connectivity index (χ1n) is 9.54. The predicted molar refractivity (Wildman–Crippen MR) is 109 cm³/mol. The van der Waals surface area contributed by atoms with E-state index in [2.05, 4.69) is 23.1 Å². The summed E-state index contributed by atoms with van der Waals surface area (Å²) in [6.45, 7) is 2.10. The molecule has 1 fully saturated rings. The van der Waals surface area contributed by atoms with E-state index in [0.717, 1.165) is 35.4 Å². The van der Waals surface area contributed by atoms with Crippen molar-refractivity contribution < 1.29 is 9.47 Å². The lowest BCUT2D eigenvalue weighted by atomic mass is 10.1. The molecular formula is C22H25N3O2. The number of aromatic nitrogens is 2. The Balaban J connectivity index is 1.84. The number of hydrogen-bond acceptors (Lipinski definition) is 5. The summed E-state index contributed by atoms with van der Waals surface area (Å²) in [6, 6.07) is 14.1. The third-order valence-corrected chi connectivity index (χ3v) is 5.13. The molecule has 140 valence electrons. The maximum atomic E-state index is 5.46. The van der Waals surface area contributed by atoms with Gasteiger partial charge >= 0.3 is 0 Å². The highest BCUT2D eigenvalue weighted by molar-refractivity contribution is 5.91. The van der Waals surface area contributed by atoms with Crippen molar-refractivity contribution in [2.45, 2.75) is 25.7 Å². The monoisotopic (exact) mass is 363 g/mol. The Kier molecular flexibility index (Phi) is 5.10. The molecular weight excluding hydrogens is 338 g/mol. The highest BCUT2D eigenvalue weighted by Crippen LogP contribution is 2.33. The number of methoxy groups -OCH3 is 2. The van der Waals surface area contributed by atoms with E-state index in [1.54, 1.807) is 14.2 Å². The van der Waals surface area contributed by atoms with Crippen LogP contribution in [0.4, 0.5) is 5.82 Å². The smallest absolute Gasteiger partial charge is 0.162 e. The largest absolute Gasteiger partial charge is 0.493 e. The molecule has 0 bridgehead atoms. The fourth-order valence-corrected chi connectivity index (χ4v) is 3.69. The van der Waals surface area contributed by atoms with Crippen LogP contribution in [0.15, 0.2) is 42.5 Å². The quantitative estimate of drug-likeness (QED) is 0.673. The molecule has 0 unspecified atom stereocenters. The molecule has 27 heavy (non-hydrogen) atoms. The first kappa shape index (κ1) is 17.6. The molecule has 0 N–H and O–H groups in total. The topological polar surface area (TPSA) is 47.5 Å². The van der Waals surface area contributed by atoms with Gasteiger partial charge in [0.05, 0.1) is 19.7 Å². The van der Waals surface area contributed by atoms with Gasteiger partial charge in [-0.25, -0.2) is 9.97 Å². The van der Waals surface area contributed by atoms with E-state index in [0.29, 0.717) is 17.3 Å². The second-order valence-electron chi connectivity index (χ2n) is 6.86. The van der Waals surface area contributed by atoms with Crippen LogP contribution in [0.5, 0.6) is 11.5 Å². The summed E-state index contributed by atoms with van der Waals surface area (Å²) >= 11 is 0. The average molecular weight is 363 g/mol. The van der Waals surface area contributed by atoms with Crippen molar-refractivity contribution in [3.8, 4) is 22.9 Å². The standard InChI is InChI=1S/C22H25N3O2/c1-26-19-12-11-16(15-20(19)27-2)21-23-18-10-6-5-9-17(18)22(24-21)25-13-7-3-4-8-14-25/h5-6,9-12,15H,3-4,7-8,13-14H2,1-2H3. The maximum absolute atomic E-state index is 5.46. The highest BCUT2D eigenvalue weighted by atomic mass is 16.5. The molecule has 5 nitrogen and oxygen atoms in total. The zero-order valence-electron chi connectivity index (χ0n) is 15.9. The lowest BCUT2D eigenvalue weighted by Crippen LogP contribution is -2.25. The Hall–Kier alpha value is -2.82.